The van der Waals surface area contributed by atoms with Crippen LogP contribution < -0.4 is 0 Å². The van der Waals surface area contributed by atoms with Crippen LogP contribution in [0.25, 0.3) is 29.1 Å². The Hall–Kier alpha value is -4.19. The van der Waals surface area contributed by atoms with Gasteiger partial charge in [-0.1, -0.05) is 48.5 Å². The first-order valence-corrected chi connectivity index (χ1v) is 8.98. The fourth-order valence-electron chi connectivity index (χ4n) is 3.05. The van der Waals surface area contributed by atoms with E-state index in [2.05, 4.69) is 5.10 Å². The maximum Gasteiger partial charge on any atom is 0.270 e. The average molecular weight is 383 g/mol. The molecule has 29 heavy (non-hydrogen) atoms. The summed E-state index contributed by atoms with van der Waals surface area (Å²) < 4.78 is 1.77. The van der Waals surface area contributed by atoms with Gasteiger partial charge in [0.1, 0.15) is 5.75 Å². The van der Waals surface area contributed by atoms with Crippen LogP contribution in [-0.2, 0) is 0 Å². The molecule has 0 saturated carbocycles. The van der Waals surface area contributed by atoms with E-state index in [1.54, 1.807) is 41.1 Å². The van der Waals surface area contributed by atoms with Crippen molar-refractivity contribution >= 4 is 17.8 Å². The highest BCUT2D eigenvalue weighted by Gasteiger charge is 2.13. The Morgan fingerprint density at radius 1 is 0.897 bits per heavy atom. The van der Waals surface area contributed by atoms with Gasteiger partial charge in [-0.2, -0.15) is 5.10 Å². The largest absolute Gasteiger partial charge is 0.507 e. The fourth-order valence-corrected chi connectivity index (χ4v) is 3.05. The van der Waals surface area contributed by atoms with Gasteiger partial charge in [0, 0.05) is 17.7 Å². The number of para-hydroxylation sites is 2. The van der Waals surface area contributed by atoms with Crippen LogP contribution >= 0.6 is 0 Å². The van der Waals surface area contributed by atoms with Crippen LogP contribution in [0, 0.1) is 10.1 Å². The molecule has 3 aromatic carbocycles. The van der Waals surface area contributed by atoms with Crippen molar-refractivity contribution in [2.75, 3.05) is 0 Å². The summed E-state index contributed by atoms with van der Waals surface area (Å²) in [5.41, 5.74) is 3.68. The predicted octanol–water partition coefficient (Wildman–Crippen LogP) is 5.32. The number of hydrogen-bond acceptors (Lipinski definition) is 4. The molecule has 0 aliphatic carbocycles. The summed E-state index contributed by atoms with van der Waals surface area (Å²) in [5.74, 6) is 0.166. The topological polar surface area (TPSA) is 81.2 Å². The molecule has 6 nitrogen and oxygen atoms in total. The molecule has 6 heteroatoms. The summed E-state index contributed by atoms with van der Waals surface area (Å²) >= 11 is 0. The molecule has 1 heterocycles. The molecule has 0 radical (unpaired) electrons. The van der Waals surface area contributed by atoms with Crippen molar-refractivity contribution in [3.63, 3.8) is 0 Å². The third-order valence-corrected chi connectivity index (χ3v) is 4.44. The fraction of sp³-hybridized carbons (Fsp3) is 0. The van der Waals surface area contributed by atoms with Crippen molar-refractivity contribution in [1.29, 1.82) is 0 Å². The van der Waals surface area contributed by atoms with Gasteiger partial charge < -0.3 is 5.11 Å². The van der Waals surface area contributed by atoms with Crippen molar-refractivity contribution in [1.82, 2.24) is 9.78 Å². The van der Waals surface area contributed by atoms with Crippen molar-refractivity contribution < 1.29 is 10.0 Å². The lowest BCUT2D eigenvalue weighted by Crippen LogP contribution is -1.99. The highest BCUT2D eigenvalue weighted by atomic mass is 16.6. The van der Waals surface area contributed by atoms with E-state index in [0.717, 1.165) is 11.4 Å². The smallest absolute Gasteiger partial charge is 0.270 e. The minimum Gasteiger partial charge on any atom is -0.507 e. The van der Waals surface area contributed by atoms with Crippen LogP contribution in [0.5, 0.6) is 5.75 Å². The van der Waals surface area contributed by atoms with Gasteiger partial charge in [-0.05, 0) is 42.0 Å². The van der Waals surface area contributed by atoms with Gasteiger partial charge in [0.15, 0.2) is 0 Å². The van der Waals surface area contributed by atoms with Crippen LogP contribution in [0.15, 0.2) is 84.9 Å². The molecule has 0 aliphatic rings. The number of aromatic hydroxyl groups is 1. The van der Waals surface area contributed by atoms with Crippen molar-refractivity contribution in [3.8, 4) is 22.7 Å². The predicted molar refractivity (Wildman–Crippen MR) is 113 cm³/mol. The first kappa shape index (κ1) is 18.2. The van der Waals surface area contributed by atoms with Crippen LogP contribution in [-0.4, -0.2) is 19.8 Å². The average Bonchev–Trinajstić information content (AvgIpc) is 3.17. The molecular formula is C23H17N3O3. The van der Waals surface area contributed by atoms with Gasteiger partial charge in [-0.25, -0.2) is 4.68 Å². The Labute approximate surface area is 167 Å². The Morgan fingerprint density at radius 3 is 2.41 bits per heavy atom. The molecule has 0 bridgehead atoms. The number of nitro benzene ring substituents is 1. The molecule has 0 unspecified atom stereocenters. The van der Waals surface area contributed by atoms with E-state index in [9.17, 15) is 15.2 Å². The van der Waals surface area contributed by atoms with Gasteiger partial charge in [-0.3, -0.25) is 10.1 Å². The van der Waals surface area contributed by atoms with E-state index in [0.29, 0.717) is 16.8 Å². The number of rotatable bonds is 5. The molecule has 1 aromatic heterocycles. The maximum atomic E-state index is 11.0. The zero-order chi connectivity index (χ0) is 20.2. The zero-order valence-corrected chi connectivity index (χ0v) is 15.3. The van der Waals surface area contributed by atoms with Crippen LogP contribution in [0.4, 0.5) is 5.69 Å². The Bertz CT molecular complexity index is 1200. The molecule has 0 atom stereocenters. The van der Waals surface area contributed by atoms with Gasteiger partial charge >= 0.3 is 0 Å². The molecule has 1 N–H and O–H groups in total. The lowest BCUT2D eigenvalue weighted by atomic mass is 10.1. The quantitative estimate of drug-likeness (QED) is 0.373. The minimum absolute atomic E-state index is 0.0388. The van der Waals surface area contributed by atoms with Gasteiger partial charge in [0.05, 0.1) is 22.0 Å². The molecule has 0 fully saturated rings. The normalized spacial score (nSPS) is 11.0. The number of benzene rings is 3. The summed E-state index contributed by atoms with van der Waals surface area (Å²) in [5, 5.41) is 25.9. The third-order valence-electron chi connectivity index (χ3n) is 4.44. The lowest BCUT2D eigenvalue weighted by molar-refractivity contribution is -0.384. The monoisotopic (exact) mass is 383 g/mol. The van der Waals surface area contributed by atoms with E-state index in [1.165, 1.54) is 12.1 Å². The summed E-state index contributed by atoms with van der Waals surface area (Å²) in [6.07, 6.45) is 3.57. The zero-order valence-electron chi connectivity index (χ0n) is 15.3. The van der Waals surface area contributed by atoms with E-state index >= 15 is 0 Å². The Morgan fingerprint density at radius 2 is 1.66 bits per heavy atom. The van der Waals surface area contributed by atoms with Crippen molar-refractivity contribution in [2.24, 2.45) is 0 Å². The second kappa shape index (κ2) is 7.82. The van der Waals surface area contributed by atoms with Crippen LogP contribution in [0.3, 0.4) is 0 Å². The SMILES string of the molecule is O=[N+]([O-])c1cccc(/C=C/c2cc(-c3ccccc3O)n(-c3ccccc3)n2)c1. The summed E-state index contributed by atoms with van der Waals surface area (Å²) in [6.45, 7) is 0. The second-order valence-corrected chi connectivity index (χ2v) is 6.40. The van der Waals surface area contributed by atoms with E-state index in [4.69, 9.17) is 0 Å². The van der Waals surface area contributed by atoms with Crippen LogP contribution in [0.1, 0.15) is 11.3 Å². The first-order chi connectivity index (χ1) is 14.1. The summed E-state index contributed by atoms with van der Waals surface area (Å²) in [7, 11) is 0. The maximum absolute atomic E-state index is 11.0. The van der Waals surface area contributed by atoms with E-state index in [1.807, 2.05) is 48.5 Å². The number of nitro groups is 1. The van der Waals surface area contributed by atoms with Gasteiger partial charge in [0.25, 0.3) is 5.69 Å². The number of phenols is 1. The second-order valence-electron chi connectivity index (χ2n) is 6.40. The first-order valence-electron chi connectivity index (χ1n) is 8.98. The molecule has 0 spiro atoms. The highest BCUT2D eigenvalue weighted by Crippen LogP contribution is 2.31. The Kier molecular flexibility index (Phi) is 4.90. The summed E-state index contributed by atoms with van der Waals surface area (Å²) in [6, 6.07) is 25.0. The van der Waals surface area contributed by atoms with Crippen LogP contribution in [0.2, 0.25) is 0 Å². The molecule has 4 aromatic rings. The van der Waals surface area contributed by atoms with Crippen molar-refractivity contribution in [3.05, 3.63) is 106 Å². The molecular weight excluding hydrogens is 366 g/mol. The third kappa shape index (κ3) is 3.91. The number of nitrogens with zero attached hydrogens (tertiary/aromatic N) is 3. The standard InChI is InChI=1S/C23H17N3O3/c27-23-12-5-4-11-21(23)22-16-18(24-25(22)19-8-2-1-3-9-19)14-13-17-7-6-10-20(15-17)26(28)29/h1-16,27H/b14-13+. The molecule has 0 amide bonds. The molecule has 0 saturated heterocycles. The number of aromatic nitrogens is 2. The number of non-ortho nitro benzene ring substituents is 1. The summed E-state index contributed by atoms with van der Waals surface area (Å²) in [4.78, 5) is 10.5. The Balaban J connectivity index is 1.77. The molecule has 0 aliphatic heterocycles. The number of phenolic OH excluding ortho intramolecular Hbond substituents is 1. The highest BCUT2D eigenvalue weighted by molar-refractivity contribution is 5.74. The number of hydrogen-bond donors (Lipinski definition) is 1. The van der Waals surface area contributed by atoms with Gasteiger partial charge in [-0.15, -0.1) is 0 Å². The van der Waals surface area contributed by atoms with E-state index < -0.39 is 4.92 Å². The lowest BCUT2D eigenvalue weighted by Gasteiger charge is -2.08. The van der Waals surface area contributed by atoms with Crippen molar-refractivity contribution in [2.45, 2.75) is 0 Å². The van der Waals surface area contributed by atoms with E-state index in [-0.39, 0.29) is 11.4 Å². The molecule has 4 rings (SSSR count). The molecule has 142 valence electrons. The van der Waals surface area contributed by atoms with Gasteiger partial charge in [0.2, 0.25) is 0 Å². The minimum atomic E-state index is -0.419.